The van der Waals surface area contributed by atoms with Gasteiger partial charge in [-0.2, -0.15) is 0 Å². The molecule has 0 fully saturated rings. The first-order valence-corrected chi connectivity index (χ1v) is 29.0. The number of hydrogen-bond donors (Lipinski definition) is 3. The summed E-state index contributed by atoms with van der Waals surface area (Å²) >= 11 is 0. The molecule has 81 heavy (non-hydrogen) atoms. The molecule has 6 aromatic rings. The van der Waals surface area contributed by atoms with Crippen LogP contribution in [0, 0.1) is 6.92 Å². The van der Waals surface area contributed by atoms with Gasteiger partial charge in [-0.25, -0.2) is 0 Å². The van der Waals surface area contributed by atoms with Crippen LogP contribution < -0.4 is 47.4 Å². The molecule has 6 aliphatic rings. The van der Waals surface area contributed by atoms with Crippen LogP contribution in [0.2, 0.25) is 0 Å². The highest BCUT2D eigenvalue weighted by Gasteiger charge is 2.38. The van der Waals surface area contributed by atoms with Crippen LogP contribution in [0.15, 0.2) is 78.9 Å². The van der Waals surface area contributed by atoms with E-state index >= 15 is 0 Å². The van der Waals surface area contributed by atoms with Gasteiger partial charge < -0.3 is 62.7 Å². The van der Waals surface area contributed by atoms with Crippen LogP contribution >= 0.6 is 0 Å². The first kappa shape index (κ1) is 57.0. The van der Waals surface area contributed by atoms with E-state index in [1.54, 1.807) is 26.4 Å². The van der Waals surface area contributed by atoms with E-state index in [0.29, 0.717) is 50.3 Å². The molecule has 0 unspecified atom stereocenters. The number of aromatic hydroxyl groups is 3. The summed E-state index contributed by atoms with van der Waals surface area (Å²) in [6, 6.07) is 25.1. The molecule has 13 nitrogen and oxygen atoms in total. The predicted molar refractivity (Wildman–Crippen MR) is 313 cm³/mol. The standard InChI is InChI=1S/C24H30O5.C23H28O5.C21H24O3/c1-5-10-27-16-6-7-17(20(25)12-16)15-11-19-21(26-4)13-22-18(23(19)28-14-15)8-9-24(2,3)29-22;1-5-26-15-6-7-16(19(24)11-15)14-10-18-20(25-4)12-21-17(22(18)27-13-14)8-9-23(2,3)28-21;1-13-4-6-16(18(22)10-13)15-11-14-5-7-19-17(20(14)23-12-15)8-9-21(2,3)24-19/h6-7,12-13,15,25H,5,8-11,14H2,1-4H3;6-7,11-12,14,24H,5,8-10,13H2,1-4H3;4-7,10,15,22H,8-9,11-12H2,1-3H3/t15-;14-;15-/m111/s1. The second-order valence-electron chi connectivity index (χ2n) is 24.3. The monoisotopic (exact) mass is 1110 g/mol. The van der Waals surface area contributed by atoms with E-state index in [1.807, 2.05) is 68.4 Å². The zero-order valence-electron chi connectivity index (χ0n) is 49.3. The van der Waals surface area contributed by atoms with Gasteiger partial charge in [0, 0.05) is 86.5 Å². The van der Waals surface area contributed by atoms with Crippen LogP contribution in [0.1, 0.15) is 154 Å². The molecule has 0 amide bonds. The Morgan fingerprint density at radius 2 is 0.914 bits per heavy atom. The number of methoxy groups -OCH3 is 2. The second-order valence-corrected chi connectivity index (χ2v) is 24.3. The van der Waals surface area contributed by atoms with Gasteiger partial charge in [0.1, 0.15) is 91.5 Å². The summed E-state index contributed by atoms with van der Waals surface area (Å²) in [5.74, 6) is 9.55. The van der Waals surface area contributed by atoms with Crippen LogP contribution in [0.4, 0.5) is 0 Å². The van der Waals surface area contributed by atoms with Gasteiger partial charge in [-0.05, 0) is 155 Å². The SMILES string of the molecule is CCCOc1ccc([C@H]2COc3c(c(OC)cc4c3CCC(C)(C)O4)C2)c(O)c1.CCOc1ccc([C@H]2COc3c(c(OC)cc4c3CCC(C)(C)O4)C2)c(O)c1.Cc1ccc([C@H]2COc3c(ccc4c3CCC(C)(C)O4)C2)c(O)c1. The van der Waals surface area contributed by atoms with E-state index in [0.717, 1.165) is 155 Å². The first-order chi connectivity index (χ1) is 38.8. The first-order valence-electron chi connectivity index (χ1n) is 29.0. The van der Waals surface area contributed by atoms with E-state index in [4.69, 9.17) is 47.4 Å². The van der Waals surface area contributed by atoms with Gasteiger partial charge in [0.05, 0.1) is 47.3 Å². The molecule has 0 radical (unpaired) electrons. The number of phenolic OH excluding ortho intramolecular Hbond substituents is 3. The summed E-state index contributed by atoms with van der Waals surface area (Å²) in [5.41, 5.74) is 10.1. The van der Waals surface area contributed by atoms with Crippen molar-refractivity contribution in [2.75, 3.05) is 47.3 Å². The lowest BCUT2D eigenvalue weighted by Gasteiger charge is -2.36. The van der Waals surface area contributed by atoms with E-state index in [-0.39, 0.29) is 46.1 Å². The van der Waals surface area contributed by atoms with Crippen molar-refractivity contribution in [2.24, 2.45) is 0 Å². The second kappa shape index (κ2) is 23.3. The number of fused-ring (bicyclic) bond motifs is 9. The van der Waals surface area contributed by atoms with Gasteiger partial charge in [-0.3, -0.25) is 0 Å². The normalized spacial score (nSPS) is 20.0. The molecular formula is C68H82O13. The third-order valence-electron chi connectivity index (χ3n) is 16.6. The van der Waals surface area contributed by atoms with Crippen LogP contribution in [-0.2, 0) is 38.5 Å². The lowest BCUT2D eigenvalue weighted by atomic mass is 9.85. The maximum atomic E-state index is 10.6. The van der Waals surface area contributed by atoms with Crippen molar-refractivity contribution in [3.05, 3.63) is 134 Å². The van der Waals surface area contributed by atoms with Gasteiger partial charge >= 0.3 is 0 Å². The predicted octanol–water partition coefficient (Wildman–Crippen LogP) is 14.2. The average Bonchev–Trinajstić information content (AvgIpc) is 3.54. The molecule has 12 rings (SSSR count). The van der Waals surface area contributed by atoms with Crippen molar-refractivity contribution < 1.29 is 62.7 Å². The van der Waals surface area contributed by atoms with Crippen molar-refractivity contribution in [1.82, 2.24) is 0 Å². The maximum Gasteiger partial charge on any atom is 0.133 e. The Bertz CT molecular complexity index is 3260. The van der Waals surface area contributed by atoms with Crippen molar-refractivity contribution in [3.8, 4) is 74.7 Å². The Kier molecular flexibility index (Phi) is 16.4. The lowest BCUT2D eigenvalue weighted by molar-refractivity contribution is 0.0817. The zero-order valence-corrected chi connectivity index (χ0v) is 49.3. The summed E-state index contributed by atoms with van der Waals surface area (Å²) in [4.78, 5) is 0. The zero-order chi connectivity index (χ0) is 57.4. The molecule has 0 aromatic heterocycles. The molecule has 0 saturated heterocycles. The fraction of sp³-hybridized carbons (Fsp3) is 0.471. The Balaban J connectivity index is 0.000000137. The van der Waals surface area contributed by atoms with Crippen LogP contribution in [-0.4, -0.2) is 79.4 Å². The summed E-state index contributed by atoms with van der Waals surface area (Å²) in [7, 11) is 3.35. The summed E-state index contributed by atoms with van der Waals surface area (Å²) in [6.45, 7) is 21.5. The molecular weight excluding hydrogens is 1020 g/mol. The molecule has 3 N–H and O–H groups in total. The summed E-state index contributed by atoms with van der Waals surface area (Å²) in [5, 5.41) is 31.4. The molecule has 6 aliphatic heterocycles. The van der Waals surface area contributed by atoms with Crippen molar-refractivity contribution in [3.63, 3.8) is 0 Å². The Hall–Kier alpha value is -7.28. The van der Waals surface area contributed by atoms with Gasteiger partial charge in [-0.15, -0.1) is 0 Å². The number of benzene rings is 6. The third kappa shape index (κ3) is 12.3. The minimum absolute atomic E-state index is 0.0515. The summed E-state index contributed by atoms with van der Waals surface area (Å²) in [6.07, 6.45) is 9.06. The highest BCUT2D eigenvalue weighted by molar-refractivity contribution is 5.62. The average molecular weight is 1110 g/mol. The number of aryl methyl sites for hydroxylation is 1. The van der Waals surface area contributed by atoms with Gasteiger partial charge in [0.15, 0.2) is 0 Å². The van der Waals surface area contributed by atoms with Crippen molar-refractivity contribution in [1.29, 1.82) is 0 Å². The Morgan fingerprint density at radius 3 is 1.37 bits per heavy atom. The van der Waals surface area contributed by atoms with Crippen molar-refractivity contribution >= 4 is 0 Å². The van der Waals surface area contributed by atoms with Crippen LogP contribution in [0.5, 0.6) is 74.7 Å². The number of phenols is 3. The molecule has 6 heterocycles. The van der Waals surface area contributed by atoms with E-state index in [1.165, 1.54) is 11.1 Å². The molecule has 0 spiro atoms. The molecule has 0 aliphatic carbocycles. The van der Waals surface area contributed by atoms with Crippen LogP contribution in [0.25, 0.3) is 0 Å². The van der Waals surface area contributed by atoms with Crippen molar-refractivity contribution in [2.45, 2.75) is 161 Å². The number of ether oxygens (including phenoxy) is 10. The Morgan fingerprint density at radius 1 is 0.481 bits per heavy atom. The summed E-state index contributed by atoms with van der Waals surface area (Å²) < 4.78 is 59.6. The number of hydrogen-bond acceptors (Lipinski definition) is 13. The highest BCUT2D eigenvalue weighted by atomic mass is 16.5. The van der Waals surface area contributed by atoms with E-state index in [2.05, 4.69) is 60.6 Å². The number of rotatable bonds is 10. The molecule has 432 valence electrons. The quantitative estimate of drug-likeness (QED) is 0.119. The van der Waals surface area contributed by atoms with Gasteiger partial charge in [0.2, 0.25) is 0 Å². The maximum absolute atomic E-state index is 10.6. The molecule has 0 saturated carbocycles. The van der Waals surface area contributed by atoms with E-state index in [9.17, 15) is 15.3 Å². The molecule has 0 bridgehead atoms. The highest BCUT2D eigenvalue weighted by Crippen LogP contribution is 2.52. The largest absolute Gasteiger partial charge is 0.508 e. The molecule has 6 aromatic carbocycles. The van der Waals surface area contributed by atoms with Gasteiger partial charge in [0.25, 0.3) is 0 Å². The van der Waals surface area contributed by atoms with Crippen LogP contribution in [0.3, 0.4) is 0 Å². The molecule has 3 atom stereocenters. The minimum atomic E-state index is -0.184. The van der Waals surface area contributed by atoms with E-state index < -0.39 is 0 Å². The lowest BCUT2D eigenvalue weighted by Crippen LogP contribution is -2.33. The Labute approximate surface area is 478 Å². The third-order valence-corrected chi connectivity index (χ3v) is 16.6. The molecule has 13 heteroatoms. The minimum Gasteiger partial charge on any atom is -0.508 e. The smallest absolute Gasteiger partial charge is 0.133 e. The fourth-order valence-corrected chi connectivity index (χ4v) is 12.2. The van der Waals surface area contributed by atoms with Gasteiger partial charge in [-0.1, -0.05) is 37.3 Å². The fourth-order valence-electron chi connectivity index (χ4n) is 12.2. The topological polar surface area (TPSA) is 153 Å².